The van der Waals surface area contributed by atoms with Gasteiger partial charge in [-0.3, -0.25) is 9.48 Å². The second-order valence-corrected chi connectivity index (χ2v) is 6.47. The maximum absolute atomic E-state index is 13.3. The van der Waals surface area contributed by atoms with Gasteiger partial charge in [0.2, 0.25) is 5.82 Å². The van der Waals surface area contributed by atoms with Crippen LogP contribution in [0.1, 0.15) is 11.5 Å². The first-order valence-electron chi connectivity index (χ1n) is 8.72. The van der Waals surface area contributed by atoms with Crippen LogP contribution in [0.2, 0.25) is 0 Å². The van der Waals surface area contributed by atoms with Gasteiger partial charge in [-0.25, -0.2) is 14.6 Å². The minimum Gasteiger partial charge on any atom is -0.334 e. The summed E-state index contributed by atoms with van der Waals surface area (Å²) in [6.45, 7) is 1.71. The number of alkyl halides is 3. The molecular weight excluding hydrogens is 383 g/mol. The number of nitrogens with one attached hydrogen (secondary N) is 1. The fraction of sp³-hybridized carbons (Fsp3) is 0.150. The maximum Gasteiger partial charge on any atom is 0.451 e. The topological polar surface area (TPSA) is 64.7 Å². The van der Waals surface area contributed by atoms with Gasteiger partial charge in [0, 0.05) is 12.4 Å². The molecule has 0 saturated carbocycles. The molecule has 0 aliphatic carbocycles. The van der Waals surface area contributed by atoms with Crippen LogP contribution in [0.15, 0.2) is 59.4 Å². The summed E-state index contributed by atoms with van der Waals surface area (Å²) in [7, 11) is 1.70. The molecule has 2 aromatic carbocycles. The number of hydrogen-bond donors (Lipinski definition) is 1. The highest BCUT2D eigenvalue weighted by Gasteiger charge is 2.35. The van der Waals surface area contributed by atoms with E-state index < -0.39 is 17.6 Å². The monoisotopic (exact) mass is 399 g/mol. The fourth-order valence-electron chi connectivity index (χ4n) is 3.13. The Balaban J connectivity index is 1.90. The van der Waals surface area contributed by atoms with Crippen LogP contribution in [0, 0.1) is 6.92 Å². The Morgan fingerprint density at radius 3 is 2.31 bits per heavy atom. The molecule has 0 radical (unpaired) electrons. The number of benzene rings is 2. The van der Waals surface area contributed by atoms with E-state index >= 15 is 0 Å². The van der Waals surface area contributed by atoms with Gasteiger partial charge in [-0.05, 0) is 31.2 Å². The highest BCUT2D eigenvalue weighted by Crippen LogP contribution is 2.31. The summed E-state index contributed by atoms with van der Waals surface area (Å²) in [6.07, 6.45) is -4.71. The van der Waals surface area contributed by atoms with Gasteiger partial charge >= 0.3 is 6.18 Å². The van der Waals surface area contributed by atoms with E-state index in [0.29, 0.717) is 16.8 Å². The van der Waals surface area contributed by atoms with E-state index in [-0.39, 0.29) is 17.0 Å². The minimum absolute atomic E-state index is 0.0751. The van der Waals surface area contributed by atoms with Gasteiger partial charge in [-0.1, -0.05) is 30.3 Å². The smallest absolute Gasteiger partial charge is 0.334 e. The molecule has 2 heterocycles. The van der Waals surface area contributed by atoms with Crippen LogP contribution >= 0.6 is 0 Å². The number of hydrogen-bond acceptors (Lipinski definition) is 4. The molecule has 0 atom stereocenters. The van der Waals surface area contributed by atoms with E-state index in [0.717, 1.165) is 0 Å². The summed E-state index contributed by atoms with van der Waals surface area (Å²) < 4.78 is 42.8. The van der Waals surface area contributed by atoms with Gasteiger partial charge in [0.1, 0.15) is 11.5 Å². The van der Waals surface area contributed by atoms with E-state index in [4.69, 9.17) is 0 Å². The zero-order valence-electron chi connectivity index (χ0n) is 15.5. The highest BCUT2D eigenvalue weighted by molar-refractivity contribution is 5.91. The van der Waals surface area contributed by atoms with Crippen molar-refractivity contribution in [3.05, 3.63) is 76.5 Å². The number of para-hydroxylation sites is 2. The summed E-state index contributed by atoms with van der Waals surface area (Å²) in [5.41, 5.74) is 1.07. The lowest BCUT2D eigenvalue weighted by molar-refractivity contribution is -0.144. The number of anilines is 2. The predicted molar refractivity (Wildman–Crippen MR) is 104 cm³/mol. The predicted octanol–water partition coefficient (Wildman–Crippen LogP) is 4.19. The quantitative estimate of drug-likeness (QED) is 0.561. The Kier molecular flexibility index (Phi) is 4.37. The van der Waals surface area contributed by atoms with Gasteiger partial charge in [0.15, 0.2) is 0 Å². The SMILES string of the molecule is Cc1c(Nc2nc(C(F)(F)F)nc3ccccc23)c(=O)n(-c2ccccc2)n1C. The van der Waals surface area contributed by atoms with Crippen molar-refractivity contribution in [1.82, 2.24) is 19.3 Å². The summed E-state index contributed by atoms with van der Waals surface area (Å²) in [4.78, 5) is 20.3. The first-order valence-corrected chi connectivity index (χ1v) is 8.72. The molecule has 9 heteroatoms. The molecule has 0 unspecified atom stereocenters. The molecule has 6 nitrogen and oxygen atoms in total. The van der Waals surface area contributed by atoms with E-state index in [1.54, 1.807) is 61.1 Å². The Bertz CT molecular complexity index is 1260. The zero-order valence-corrected chi connectivity index (χ0v) is 15.5. The fourth-order valence-corrected chi connectivity index (χ4v) is 3.13. The molecular formula is C20H16F3N5O. The molecule has 0 aliphatic rings. The number of halogens is 3. The zero-order chi connectivity index (χ0) is 20.8. The van der Waals surface area contributed by atoms with Gasteiger partial charge in [-0.2, -0.15) is 13.2 Å². The number of rotatable bonds is 3. The average Bonchev–Trinajstić information content (AvgIpc) is 2.91. The molecule has 0 spiro atoms. The van der Waals surface area contributed by atoms with Crippen molar-refractivity contribution in [3.8, 4) is 5.69 Å². The third kappa shape index (κ3) is 3.24. The van der Waals surface area contributed by atoms with Crippen LogP contribution in [0.25, 0.3) is 16.6 Å². The Labute approximate surface area is 163 Å². The lowest BCUT2D eigenvalue weighted by atomic mass is 10.2. The summed E-state index contributed by atoms with van der Waals surface area (Å²) in [5, 5.41) is 3.21. The molecule has 0 saturated heterocycles. The highest BCUT2D eigenvalue weighted by atomic mass is 19.4. The van der Waals surface area contributed by atoms with Crippen LogP contribution in [0.4, 0.5) is 24.7 Å². The van der Waals surface area contributed by atoms with E-state index in [9.17, 15) is 18.0 Å². The summed E-state index contributed by atoms with van der Waals surface area (Å²) in [6, 6.07) is 15.3. The molecule has 1 N–H and O–H groups in total. The third-order valence-electron chi connectivity index (χ3n) is 4.65. The van der Waals surface area contributed by atoms with Gasteiger partial charge in [-0.15, -0.1) is 0 Å². The van der Waals surface area contributed by atoms with Crippen LogP contribution < -0.4 is 10.9 Å². The molecule has 0 aliphatic heterocycles. The van der Waals surface area contributed by atoms with Crippen LogP contribution in [-0.4, -0.2) is 19.3 Å². The van der Waals surface area contributed by atoms with E-state index in [1.807, 2.05) is 6.07 Å². The molecule has 2 aromatic heterocycles. The first-order chi connectivity index (χ1) is 13.8. The maximum atomic E-state index is 13.3. The average molecular weight is 399 g/mol. The van der Waals surface area contributed by atoms with Crippen molar-refractivity contribution < 1.29 is 13.2 Å². The van der Waals surface area contributed by atoms with Crippen LogP contribution in [0.5, 0.6) is 0 Å². The van der Waals surface area contributed by atoms with Crippen molar-refractivity contribution in [2.75, 3.05) is 5.32 Å². The minimum atomic E-state index is -4.71. The molecule has 29 heavy (non-hydrogen) atoms. The van der Waals surface area contributed by atoms with Gasteiger partial charge in [0.25, 0.3) is 5.56 Å². The standard InChI is InChI=1S/C20H16F3N5O/c1-12-16(18(29)28(27(12)2)13-8-4-3-5-9-13)25-17-14-10-6-7-11-15(14)24-19(26-17)20(21,22)23/h3-11H,1-2H3,(H,24,25,26). The molecule has 0 fully saturated rings. The van der Waals surface area contributed by atoms with Crippen LogP contribution in [0.3, 0.4) is 0 Å². The van der Waals surface area contributed by atoms with E-state index in [2.05, 4.69) is 15.3 Å². The lowest BCUT2D eigenvalue weighted by Crippen LogP contribution is -2.20. The van der Waals surface area contributed by atoms with Crippen LogP contribution in [-0.2, 0) is 13.2 Å². The Morgan fingerprint density at radius 2 is 1.62 bits per heavy atom. The first kappa shape index (κ1) is 18.7. The van der Waals surface area contributed by atoms with Crippen molar-refractivity contribution >= 4 is 22.4 Å². The molecule has 148 valence electrons. The van der Waals surface area contributed by atoms with Gasteiger partial charge in [0.05, 0.1) is 16.9 Å². The molecule has 4 aromatic rings. The number of nitrogens with zero attached hydrogens (tertiary/aromatic N) is 4. The number of aromatic nitrogens is 4. The second-order valence-electron chi connectivity index (χ2n) is 6.47. The molecule has 0 bridgehead atoms. The largest absolute Gasteiger partial charge is 0.451 e. The number of fused-ring (bicyclic) bond motifs is 1. The van der Waals surface area contributed by atoms with Crippen molar-refractivity contribution in [2.24, 2.45) is 7.05 Å². The second kappa shape index (κ2) is 6.77. The molecule has 4 rings (SSSR count). The summed E-state index contributed by atoms with van der Waals surface area (Å²) >= 11 is 0. The third-order valence-corrected chi connectivity index (χ3v) is 4.65. The van der Waals surface area contributed by atoms with Crippen molar-refractivity contribution in [3.63, 3.8) is 0 Å². The lowest BCUT2D eigenvalue weighted by Gasteiger charge is -2.11. The van der Waals surface area contributed by atoms with Gasteiger partial charge < -0.3 is 5.32 Å². The normalized spacial score (nSPS) is 11.8. The van der Waals surface area contributed by atoms with Crippen molar-refractivity contribution in [2.45, 2.75) is 13.1 Å². The Hall–Kier alpha value is -3.62. The Morgan fingerprint density at radius 1 is 0.966 bits per heavy atom. The molecule has 0 amide bonds. The van der Waals surface area contributed by atoms with Crippen molar-refractivity contribution in [1.29, 1.82) is 0 Å². The van der Waals surface area contributed by atoms with E-state index in [1.165, 1.54) is 10.7 Å². The summed E-state index contributed by atoms with van der Waals surface area (Å²) in [5.74, 6) is -1.34.